The van der Waals surface area contributed by atoms with Crippen LogP contribution >= 0.6 is 11.6 Å². The topological polar surface area (TPSA) is 64.6 Å². The van der Waals surface area contributed by atoms with Gasteiger partial charge in [0.1, 0.15) is 0 Å². The molecule has 6 aliphatic carbocycles. The molecule has 0 unspecified atom stereocenters. The van der Waals surface area contributed by atoms with E-state index >= 15 is 0 Å². The first-order chi connectivity index (χ1) is 23.8. The van der Waals surface area contributed by atoms with Crippen LogP contribution in [0.5, 0.6) is 0 Å². The Morgan fingerprint density at radius 2 is 1.51 bits per heavy atom. The third-order valence-electron chi connectivity index (χ3n) is 16.5. The number of allylic oxidation sites excluding steroid dienone is 5. The maximum absolute atomic E-state index is 13.5. The molecule has 6 aliphatic rings. The van der Waals surface area contributed by atoms with Crippen molar-refractivity contribution in [2.75, 3.05) is 12.4 Å². The van der Waals surface area contributed by atoms with Crippen molar-refractivity contribution in [2.45, 2.75) is 164 Å². The van der Waals surface area contributed by atoms with Gasteiger partial charge in [0, 0.05) is 18.0 Å². The first-order valence-corrected chi connectivity index (χ1v) is 21.1. The number of alkyl halides is 1. The monoisotopic (exact) mass is 723 g/mol. The highest BCUT2D eigenvalue weighted by Crippen LogP contribution is 2.76. The van der Waals surface area contributed by atoms with Gasteiger partial charge in [-0.15, -0.1) is 11.6 Å². The third-order valence-corrected chi connectivity index (χ3v) is 16.7. The van der Waals surface area contributed by atoms with Crippen molar-refractivity contribution in [1.29, 1.82) is 0 Å². The molecule has 0 aromatic carbocycles. The Morgan fingerprint density at radius 1 is 0.843 bits per heavy atom. The molecule has 5 nitrogen and oxygen atoms in total. The van der Waals surface area contributed by atoms with E-state index in [0.717, 1.165) is 13.0 Å². The van der Waals surface area contributed by atoms with Gasteiger partial charge in [-0.1, -0.05) is 58.9 Å². The zero-order valence-electron chi connectivity index (χ0n) is 33.8. The molecule has 0 radical (unpaired) electrons. The van der Waals surface area contributed by atoms with Gasteiger partial charge in [-0.25, -0.2) is 0 Å². The number of nitrogens with one attached hydrogen (secondary N) is 1. The molecule has 0 bridgehead atoms. The van der Waals surface area contributed by atoms with E-state index in [2.05, 4.69) is 65.6 Å². The van der Waals surface area contributed by atoms with Crippen LogP contribution in [0.25, 0.3) is 0 Å². The summed E-state index contributed by atoms with van der Waals surface area (Å²) < 4.78 is 11.3. The lowest BCUT2D eigenvalue weighted by molar-refractivity contribution is -0.221. The minimum absolute atomic E-state index is 0.00149. The number of hydrogen-bond donors (Lipinski definition) is 1. The normalized spacial score (nSPS) is 41.0. The predicted octanol–water partition coefficient (Wildman–Crippen LogP) is 10.8. The van der Waals surface area contributed by atoms with E-state index in [1.807, 2.05) is 27.7 Å². The standard InChI is InChI=1S/C45H70ClNO4/c1-28(2)32-16-23-45(47-27-26-46)25-24-42(10)34(37(32)45)12-13-36-41(9)19-17-33(40(7,8)35(41)18-20-43(36,42)11)31-14-21-44(22-15-31,38(48)50-29(3)4)39(49)51-30(5)6/h14,17,29-30,32,34-37,47H,1,12-13,15-16,18-27H2,2-11H3/t32-,34+,35-,36+,37+,41-,42+,43+,45-/m0/s1. The van der Waals surface area contributed by atoms with Gasteiger partial charge in [-0.2, -0.15) is 0 Å². The highest BCUT2D eigenvalue weighted by molar-refractivity contribution is 6.18. The molecule has 51 heavy (non-hydrogen) atoms. The van der Waals surface area contributed by atoms with Crippen molar-refractivity contribution in [2.24, 2.45) is 56.7 Å². The Labute approximate surface area is 315 Å². The van der Waals surface area contributed by atoms with Gasteiger partial charge >= 0.3 is 11.9 Å². The van der Waals surface area contributed by atoms with Crippen LogP contribution in [0.2, 0.25) is 0 Å². The van der Waals surface area contributed by atoms with Crippen LogP contribution in [-0.4, -0.2) is 42.1 Å². The highest BCUT2D eigenvalue weighted by Gasteiger charge is 2.70. The summed E-state index contributed by atoms with van der Waals surface area (Å²) in [4.78, 5) is 27.0. The molecule has 0 heterocycles. The largest absolute Gasteiger partial charge is 0.462 e. The number of rotatable bonds is 9. The van der Waals surface area contributed by atoms with Gasteiger partial charge in [-0.3, -0.25) is 9.59 Å². The summed E-state index contributed by atoms with van der Waals surface area (Å²) in [6.07, 6.45) is 17.0. The van der Waals surface area contributed by atoms with Crippen molar-refractivity contribution >= 4 is 23.5 Å². The summed E-state index contributed by atoms with van der Waals surface area (Å²) in [6.45, 7) is 28.2. The molecule has 6 rings (SSSR count). The first kappa shape index (κ1) is 39.1. The van der Waals surface area contributed by atoms with Gasteiger partial charge in [0.05, 0.1) is 12.2 Å². The lowest BCUT2D eigenvalue weighted by atomic mass is 9.33. The average Bonchev–Trinajstić information content (AvgIpc) is 3.43. The zero-order valence-corrected chi connectivity index (χ0v) is 34.6. The summed E-state index contributed by atoms with van der Waals surface area (Å²) in [5.41, 5.74) is 3.90. The molecule has 0 aromatic rings. The smallest absolute Gasteiger partial charge is 0.324 e. The number of fused-ring (bicyclic) bond motifs is 7. The third kappa shape index (κ3) is 5.95. The van der Waals surface area contributed by atoms with Crippen molar-refractivity contribution in [1.82, 2.24) is 5.32 Å². The Morgan fingerprint density at radius 3 is 2.08 bits per heavy atom. The zero-order chi connectivity index (χ0) is 37.4. The van der Waals surface area contributed by atoms with Gasteiger partial charge in [0.2, 0.25) is 0 Å². The van der Waals surface area contributed by atoms with E-state index in [1.165, 1.54) is 68.1 Å². The van der Waals surface area contributed by atoms with Crippen LogP contribution in [0.3, 0.4) is 0 Å². The summed E-state index contributed by atoms with van der Waals surface area (Å²) in [6, 6.07) is 0. The van der Waals surface area contributed by atoms with Crippen LogP contribution in [0.1, 0.15) is 146 Å². The molecule has 0 aromatic heterocycles. The molecular formula is C45H70ClNO4. The molecule has 4 saturated carbocycles. The fourth-order valence-electron chi connectivity index (χ4n) is 14.1. The molecule has 1 N–H and O–H groups in total. The Bertz CT molecular complexity index is 1440. The summed E-state index contributed by atoms with van der Waals surface area (Å²) in [5.74, 6) is 3.00. The maximum atomic E-state index is 13.5. The van der Waals surface area contributed by atoms with E-state index < -0.39 is 17.4 Å². The lowest BCUT2D eigenvalue weighted by Gasteiger charge is -2.72. The number of esters is 2. The number of halogens is 1. The molecule has 0 spiro atoms. The van der Waals surface area contributed by atoms with Crippen molar-refractivity contribution < 1.29 is 19.1 Å². The van der Waals surface area contributed by atoms with E-state index in [4.69, 9.17) is 21.1 Å². The fourth-order valence-corrected chi connectivity index (χ4v) is 14.2. The number of carbonyl (C=O) groups excluding carboxylic acids is 2. The molecule has 0 saturated heterocycles. The number of ether oxygens (including phenoxy) is 2. The van der Waals surface area contributed by atoms with Crippen LogP contribution in [-0.2, 0) is 19.1 Å². The molecule has 0 aliphatic heterocycles. The quantitative estimate of drug-likeness (QED) is 0.111. The second kappa shape index (κ2) is 13.6. The second-order valence-corrected chi connectivity index (χ2v) is 20.3. The minimum Gasteiger partial charge on any atom is -0.462 e. The van der Waals surface area contributed by atoms with Gasteiger partial charge in [0.25, 0.3) is 0 Å². The van der Waals surface area contributed by atoms with E-state index in [-0.39, 0.29) is 28.6 Å². The maximum Gasteiger partial charge on any atom is 0.324 e. The molecule has 286 valence electrons. The van der Waals surface area contributed by atoms with E-state index in [9.17, 15) is 9.59 Å². The molecule has 4 fully saturated rings. The van der Waals surface area contributed by atoms with E-state index in [1.54, 1.807) is 0 Å². The number of carbonyl (C=O) groups is 2. The summed E-state index contributed by atoms with van der Waals surface area (Å²) in [7, 11) is 0. The minimum atomic E-state index is -1.27. The predicted molar refractivity (Wildman–Crippen MR) is 208 cm³/mol. The SMILES string of the molecule is C=C(C)[C@@H]1CC[C@]2(NCCCl)CC[C@]3(C)[C@H](CC[C@@H]4[C@@]5(C)CC=C(C6=CCC(C(=O)OC(C)C)(C(=O)OC(C)C)CC6)C(C)(C)[C@@H]5CC[C@]43C)[C@@H]12. The lowest BCUT2D eigenvalue weighted by Crippen LogP contribution is -2.68. The van der Waals surface area contributed by atoms with Gasteiger partial charge < -0.3 is 14.8 Å². The van der Waals surface area contributed by atoms with Crippen LogP contribution in [0, 0.1) is 56.7 Å². The Balaban J connectivity index is 1.29. The fraction of sp³-hybridized carbons (Fsp3) is 0.822. The summed E-state index contributed by atoms with van der Waals surface area (Å²) in [5, 5.41) is 4.06. The van der Waals surface area contributed by atoms with Crippen LogP contribution in [0.4, 0.5) is 0 Å². The average molecular weight is 725 g/mol. The highest BCUT2D eigenvalue weighted by atomic mass is 35.5. The van der Waals surface area contributed by atoms with Gasteiger partial charge in [0.15, 0.2) is 5.41 Å². The summed E-state index contributed by atoms with van der Waals surface area (Å²) >= 11 is 6.29. The van der Waals surface area contributed by atoms with Crippen LogP contribution in [0.15, 0.2) is 35.5 Å². The van der Waals surface area contributed by atoms with E-state index in [0.29, 0.717) is 65.6 Å². The first-order valence-electron chi connectivity index (χ1n) is 20.6. The number of hydrogen-bond acceptors (Lipinski definition) is 5. The van der Waals surface area contributed by atoms with Crippen molar-refractivity contribution in [3.05, 3.63) is 35.5 Å². The molecule has 9 atom stereocenters. The van der Waals surface area contributed by atoms with Crippen LogP contribution < -0.4 is 5.32 Å². The Kier molecular flexibility index (Phi) is 10.4. The second-order valence-electron chi connectivity index (χ2n) is 19.9. The van der Waals surface area contributed by atoms with Gasteiger partial charge in [-0.05, 0) is 174 Å². The molecule has 6 heteroatoms. The van der Waals surface area contributed by atoms with Crippen molar-refractivity contribution in [3.63, 3.8) is 0 Å². The molecule has 0 amide bonds. The van der Waals surface area contributed by atoms with Crippen molar-refractivity contribution in [3.8, 4) is 0 Å². The molecular weight excluding hydrogens is 654 g/mol. The Hall–Kier alpha value is -1.59.